The van der Waals surface area contributed by atoms with Crippen LogP contribution >= 0.6 is 0 Å². The summed E-state index contributed by atoms with van der Waals surface area (Å²) in [7, 11) is 0. The fraction of sp³-hybridized carbons (Fsp3) is 0.556. The van der Waals surface area contributed by atoms with Crippen LogP contribution in [0.4, 0.5) is 0 Å². The normalized spacial score (nSPS) is 14.6. The molecule has 132 valence electrons. The Morgan fingerprint density at radius 3 is 2.58 bits per heavy atom. The van der Waals surface area contributed by atoms with Gasteiger partial charge in [-0.3, -0.25) is 4.79 Å². The van der Waals surface area contributed by atoms with Crippen molar-refractivity contribution in [2.45, 2.75) is 52.2 Å². The first-order valence-electron chi connectivity index (χ1n) is 8.46. The lowest BCUT2D eigenvalue weighted by Crippen LogP contribution is -2.37. The number of rotatable bonds is 9. The summed E-state index contributed by atoms with van der Waals surface area (Å²) in [4.78, 5) is 24.1. The van der Waals surface area contributed by atoms with E-state index in [9.17, 15) is 9.59 Å². The topological polar surface area (TPSA) is 73.9 Å². The number of esters is 1. The van der Waals surface area contributed by atoms with Gasteiger partial charge in [0.2, 0.25) is 0 Å². The Kier molecular flexibility index (Phi) is 6.46. The molecular formula is C18H25NO5. The Bertz CT molecular complexity index is 583. The third-order valence-corrected chi connectivity index (χ3v) is 3.52. The van der Waals surface area contributed by atoms with Crippen LogP contribution < -0.4 is 14.8 Å². The van der Waals surface area contributed by atoms with E-state index in [0.717, 1.165) is 19.3 Å². The van der Waals surface area contributed by atoms with Crippen LogP contribution in [0, 0.1) is 0 Å². The fourth-order valence-corrected chi connectivity index (χ4v) is 2.06. The van der Waals surface area contributed by atoms with E-state index in [-0.39, 0.29) is 11.9 Å². The smallest absolute Gasteiger partial charge is 0.339 e. The summed E-state index contributed by atoms with van der Waals surface area (Å²) in [6.07, 6.45) is 2.03. The number of hydrogen-bond donors (Lipinski definition) is 1. The molecule has 1 atom stereocenters. The van der Waals surface area contributed by atoms with Crippen molar-refractivity contribution in [3.05, 3.63) is 23.8 Å². The quantitative estimate of drug-likeness (QED) is 0.702. The van der Waals surface area contributed by atoms with Crippen molar-refractivity contribution >= 4 is 11.9 Å². The molecule has 0 radical (unpaired) electrons. The van der Waals surface area contributed by atoms with E-state index in [1.165, 1.54) is 0 Å². The van der Waals surface area contributed by atoms with Gasteiger partial charge in [0.15, 0.2) is 17.6 Å². The Balaban J connectivity index is 2.01. The third-order valence-electron chi connectivity index (χ3n) is 3.52. The van der Waals surface area contributed by atoms with Gasteiger partial charge in [0.25, 0.3) is 5.91 Å². The minimum absolute atomic E-state index is 0.234. The van der Waals surface area contributed by atoms with E-state index in [2.05, 4.69) is 5.32 Å². The maximum absolute atomic E-state index is 12.2. The molecule has 1 saturated carbocycles. The molecule has 1 N–H and O–H groups in total. The highest BCUT2D eigenvalue weighted by atomic mass is 16.5. The summed E-state index contributed by atoms with van der Waals surface area (Å²) in [6, 6.07) is 5.12. The van der Waals surface area contributed by atoms with Gasteiger partial charge in [-0.25, -0.2) is 4.79 Å². The summed E-state index contributed by atoms with van der Waals surface area (Å²) in [6.45, 7) is 6.47. The van der Waals surface area contributed by atoms with E-state index in [1.807, 2.05) is 13.8 Å². The Labute approximate surface area is 142 Å². The zero-order chi connectivity index (χ0) is 17.5. The predicted octanol–water partition coefficient (Wildman–Crippen LogP) is 2.70. The molecule has 6 nitrogen and oxygen atoms in total. The maximum Gasteiger partial charge on any atom is 0.339 e. The molecular weight excluding hydrogens is 310 g/mol. The maximum atomic E-state index is 12.2. The highest BCUT2D eigenvalue weighted by Crippen LogP contribution is 2.29. The molecule has 6 heteroatoms. The number of hydrogen-bond acceptors (Lipinski definition) is 5. The molecule has 0 heterocycles. The highest BCUT2D eigenvalue weighted by molar-refractivity contribution is 5.93. The van der Waals surface area contributed by atoms with Crippen molar-refractivity contribution in [2.24, 2.45) is 0 Å². The lowest BCUT2D eigenvalue weighted by atomic mass is 10.2. The summed E-state index contributed by atoms with van der Waals surface area (Å²) >= 11 is 0. The van der Waals surface area contributed by atoms with Crippen molar-refractivity contribution in [1.82, 2.24) is 5.32 Å². The van der Waals surface area contributed by atoms with E-state index < -0.39 is 12.1 Å². The molecule has 1 aromatic rings. The number of amides is 1. The Morgan fingerprint density at radius 2 is 1.96 bits per heavy atom. The van der Waals surface area contributed by atoms with Crippen molar-refractivity contribution < 1.29 is 23.8 Å². The second-order valence-corrected chi connectivity index (χ2v) is 5.77. The second kappa shape index (κ2) is 8.57. The molecule has 0 saturated heterocycles. The van der Waals surface area contributed by atoms with Crippen LogP contribution in [0.3, 0.4) is 0 Å². The molecule has 0 aliphatic heterocycles. The van der Waals surface area contributed by atoms with Crippen LogP contribution in [0.1, 0.15) is 50.4 Å². The monoisotopic (exact) mass is 335 g/mol. The molecule has 0 bridgehead atoms. The molecule has 1 aliphatic carbocycles. The average molecular weight is 335 g/mol. The SMILES string of the molecule is CCCOc1ccc(C(=O)O[C@H](C)C(=O)NC2CC2)cc1OCC. The second-order valence-electron chi connectivity index (χ2n) is 5.77. The molecule has 0 unspecified atom stereocenters. The zero-order valence-corrected chi connectivity index (χ0v) is 14.5. The summed E-state index contributed by atoms with van der Waals surface area (Å²) < 4.78 is 16.4. The van der Waals surface area contributed by atoms with Crippen LogP contribution in [-0.4, -0.2) is 37.2 Å². The van der Waals surface area contributed by atoms with Gasteiger partial charge in [0, 0.05) is 6.04 Å². The Hall–Kier alpha value is -2.24. The van der Waals surface area contributed by atoms with E-state index in [4.69, 9.17) is 14.2 Å². The summed E-state index contributed by atoms with van der Waals surface area (Å²) in [5.74, 6) is 0.264. The first-order chi connectivity index (χ1) is 11.5. The van der Waals surface area contributed by atoms with Crippen molar-refractivity contribution in [2.75, 3.05) is 13.2 Å². The van der Waals surface area contributed by atoms with Gasteiger partial charge in [-0.05, 0) is 51.3 Å². The molecule has 24 heavy (non-hydrogen) atoms. The van der Waals surface area contributed by atoms with Crippen LogP contribution in [0.25, 0.3) is 0 Å². The largest absolute Gasteiger partial charge is 0.490 e. The van der Waals surface area contributed by atoms with E-state index >= 15 is 0 Å². The molecule has 1 fully saturated rings. The molecule has 1 amide bonds. The molecule has 0 aromatic heterocycles. The molecule has 0 spiro atoms. The number of ether oxygens (including phenoxy) is 3. The van der Waals surface area contributed by atoms with Crippen LogP contribution in [0.15, 0.2) is 18.2 Å². The van der Waals surface area contributed by atoms with Crippen molar-refractivity contribution in [3.63, 3.8) is 0 Å². The zero-order valence-electron chi connectivity index (χ0n) is 14.5. The lowest BCUT2D eigenvalue weighted by Gasteiger charge is -2.15. The average Bonchev–Trinajstić information content (AvgIpc) is 3.37. The van der Waals surface area contributed by atoms with Gasteiger partial charge in [-0.15, -0.1) is 0 Å². The van der Waals surface area contributed by atoms with E-state index in [1.54, 1.807) is 25.1 Å². The van der Waals surface area contributed by atoms with Gasteiger partial charge in [0.1, 0.15) is 0 Å². The number of carbonyl (C=O) groups is 2. The Morgan fingerprint density at radius 1 is 1.21 bits per heavy atom. The number of carbonyl (C=O) groups excluding carboxylic acids is 2. The first-order valence-corrected chi connectivity index (χ1v) is 8.46. The number of benzene rings is 1. The van der Waals surface area contributed by atoms with Gasteiger partial charge in [-0.2, -0.15) is 0 Å². The van der Waals surface area contributed by atoms with Gasteiger partial charge < -0.3 is 19.5 Å². The first kappa shape index (κ1) is 18.1. The van der Waals surface area contributed by atoms with Gasteiger partial charge in [0.05, 0.1) is 18.8 Å². The minimum atomic E-state index is -0.829. The van der Waals surface area contributed by atoms with Crippen molar-refractivity contribution in [1.29, 1.82) is 0 Å². The molecule has 1 aliphatic rings. The standard InChI is InChI=1S/C18H25NO5/c1-4-10-23-15-9-6-13(11-16(15)22-5-2)18(21)24-12(3)17(20)19-14-7-8-14/h6,9,11-12,14H,4-5,7-8,10H2,1-3H3,(H,19,20)/t12-/m1/s1. The summed E-state index contributed by atoms with van der Waals surface area (Å²) in [5, 5.41) is 2.81. The molecule has 2 rings (SSSR count). The van der Waals surface area contributed by atoms with Gasteiger partial charge >= 0.3 is 5.97 Å². The highest BCUT2D eigenvalue weighted by Gasteiger charge is 2.27. The summed E-state index contributed by atoms with van der Waals surface area (Å²) in [5.41, 5.74) is 0.327. The fourth-order valence-electron chi connectivity index (χ4n) is 2.06. The number of nitrogens with one attached hydrogen (secondary N) is 1. The van der Waals surface area contributed by atoms with Crippen LogP contribution in [-0.2, 0) is 9.53 Å². The third kappa shape index (κ3) is 5.15. The predicted molar refractivity (Wildman–Crippen MR) is 89.4 cm³/mol. The van der Waals surface area contributed by atoms with Crippen LogP contribution in [0.5, 0.6) is 11.5 Å². The van der Waals surface area contributed by atoms with Crippen molar-refractivity contribution in [3.8, 4) is 11.5 Å². The van der Waals surface area contributed by atoms with Gasteiger partial charge in [-0.1, -0.05) is 6.92 Å². The minimum Gasteiger partial charge on any atom is -0.490 e. The van der Waals surface area contributed by atoms with Crippen LogP contribution in [0.2, 0.25) is 0 Å². The van der Waals surface area contributed by atoms with E-state index in [0.29, 0.717) is 30.3 Å². The lowest BCUT2D eigenvalue weighted by molar-refractivity contribution is -0.129. The molecule has 1 aromatic carbocycles.